The van der Waals surface area contributed by atoms with Crippen LogP contribution in [0.15, 0.2) is 30.7 Å². The number of methoxy groups -OCH3 is 1. The summed E-state index contributed by atoms with van der Waals surface area (Å²) in [4.78, 5) is 13.3. The van der Waals surface area contributed by atoms with E-state index in [4.69, 9.17) is 9.47 Å². The van der Waals surface area contributed by atoms with Gasteiger partial charge in [-0.1, -0.05) is 0 Å². The van der Waals surface area contributed by atoms with Gasteiger partial charge in [-0.05, 0) is 32.4 Å². The van der Waals surface area contributed by atoms with Crippen LogP contribution in [-0.2, 0) is 7.05 Å². The Kier molecular flexibility index (Phi) is 5.19. The number of rotatable bonds is 7. The molecule has 29 heavy (non-hydrogen) atoms. The average Bonchev–Trinajstić information content (AvgIpc) is 3.38. The van der Waals surface area contributed by atoms with E-state index in [2.05, 4.69) is 20.1 Å². The fourth-order valence-electron chi connectivity index (χ4n) is 3.48. The van der Waals surface area contributed by atoms with Crippen LogP contribution in [0, 0.1) is 12.8 Å². The van der Waals surface area contributed by atoms with Gasteiger partial charge in [0.15, 0.2) is 0 Å². The highest BCUT2D eigenvalue weighted by molar-refractivity contribution is 5.69. The summed E-state index contributed by atoms with van der Waals surface area (Å²) in [6.45, 7) is 4.07. The zero-order valence-electron chi connectivity index (χ0n) is 17.0. The molecular formula is C21H25N5O3. The molecule has 1 N–H and O–H groups in total. The molecule has 8 heteroatoms. The summed E-state index contributed by atoms with van der Waals surface area (Å²) in [5.41, 5.74) is 3.15. The lowest BCUT2D eigenvalue weighted by molar-refractivity contribution is 0.194. The Hall–Kier alpha value is -3.00. The van der Waals surface area contributed by atoms with Crippen molar-refractivity contribution in [2.75, 3.05) is 13.7 Å². The van der Waals surface area contributed by atoms with E-state index >= 15 is 0 Å². The fourth-order valence-corrected chi connectivity index (χ4v) is 3.48. The number of ether oxygens (including phenoxy) is 2. The number of pyridine rings is 1. The second kappa shape index (κ2) is 7.79. The van der Waals surface area contributed by atoms with Gasteiger partial charge in [-0.25, -0.2) is 4.98 Å². The summed E-state index contributed by atoms with van der Waals surface area (Å²) >= 11 is 0. The summed E-state index contributed by atoms with van der Waals surface area (Å²) in [5.74, 6) is 2.69. The minimum atomic E-state index is -0.700. The van der Waals surface area contributed by atoms with Crippen LogP contribution >= 0.6 is 0 Å². The molecule has 3 aromatic heterocycles. The lowest BCUT2D eigenvalue weighted by atomic mass is 10.1. The molecular weight excluding hydrogens is 370 g/mol. The highest BCUT2D eigenvalue weighted by Crippen LogP contribution is 2.47. The molecule has 0 saturated heterocycles. The molecule has 0 bridgehead atoms. The maximum Gasteiger partial charge on any atom is 0.224 e. The number of aliphatic hydroxyl groups is 1. The van der Waals surface area contributed by atoms with Crippen molar-refractivity contribution < 1.29 is 14.6 Å². The third kappa shape index (κ3) is 4.07. The summed E-state index contributed by atoms with van der Waals surface area (Å²) in [6.07, 6.45) is 5.66. The highest BCUT2D eigenvalue weighted by Gasteiger charge is 2.40. The van der Waals surface area contributed by atoms with E-state index in [9.17, 15) is 5.11 Å². The molecule has 1 unspecified atom stereocenters. The van der Waals surface area contributed by atoms with Crippen LogP contribution in [0.25, 0.3) is 11.1 Å². The van der Waals surface area contributed by atoms with Crippen molar-refractivity contribution in [1.29, 1.82) is 0 Å². The fraction of sp³-hybridized carbons (Fsp3) is 0.429. The predicted octanol–water partition coefficient (Wildman–Crippen LogP) is 2.82. The molecule has 0 radical (unpaired) electrons. The van der Waals surface area contributed by atoms with Crippen molar-refractivity contribution in [2.45, 2.75) is 32.3 Å². The maximum atomic E-state index is 10.1. The minimum absolute atomic E-state index is 0.388. The van der Waals surface area contributed by atoms with Crippen molar-refractivity contribution in [3.63, 3.8) is 0 Å². The Balaban J connectivity index is 1.51. The molecule has 3 aromatic rings. The monoisotopic (exact) mass is 395 g/mol. The molecule has 1 aliphatic carbocycles. The zero-order valence-corrected chi connectivity index (χ0v) is 17.0. The topological polar surface area (TPSA) is 95.2 Å². The highest BCUT2D eigenvalue weighted by atomic mass is 16.5. The molecule has 1 aliphatic rings. The number of hydrogen-bond donors (Lipinski definition) is 1. The molecule has 1 saturated carbocycles. The number of aryl methyl sites for hydroxylation is 2. The first kappa shape index (κ1) is 19.3. The predicted molar refractivity (Wildman–Crippen MR) is 107 cm³/mol. The maximum absolute atomic E-state index is 10.1. The molecule has 152 valence electrons. The first-order chi connectivity index (χ1) is 14.0. The first-order valence-electron chi connectivity index (χ1n) is 9.64. The molecule has 0 amide bonds. The van der Waals surface area contributed by atoms with Crippen LogP contribution in [-0.4, -0.2) is 43.6 Å². The van der Waals surface area contributed by atoms with Gasteiger partial charge in [0.25, 0.3) is 0 Å². The van der Waals surface area contributed by atoms with Crippen LogP contribution in [0.5, 0.6) is 11.6 Å². The van der Waals surface area contributed by atoms with Crippen LogP contribution in [0.3, 0.4) is 0 Å². The van der Waals surface area contributed by atoms with Crippen LogP contribution in [0.2, 0.25) is 0 Å². The van der Waals surface area contributed by atoms with E-state index in [1.807, 2.05) is 32.3 Å². The van der Waals surface area contributed by atoms with E-state index in [1.54, 1.807) is 31.1 Å². The standard InChI is InChI=1S/C21H25N5O3/c1-12(27)20-18(10-26(3)25-20)17-9-22-13(2)24-21(17)29-11-14-7-16(14)19-6-5-15(28-4)8-23-19/h5-6,8-10,12,14,16,27H,7,11H2,1-4H3/t12?,14-,16+/m1/s1. The second-order valence-corrected chi connectivity index (χ2v) is 7.45. The van der Waals surface area contributed by atoms with Gasteiger partial charge in [-0.3, -0.25) is 9.67 Å². The number of hydrogen-bond acceptors (Lipinski definition) is 7. The molecule has 4 rings (SSSR count). The van der Waals surface area contributed by atoms with Gasteiger partial charge < -0.3 is 14.6 Å². The summed E-state index contributed by atoms with van der Waals surface area (Å²) in [5, 5.41) is 14.4. The van der Waals surface area contributed by atoms with E-state index in [0.717, 1.165) is 29.0 Å². The van der Waals surface area contributed by atoms with Crippen LogP contribution < -0.4 is 9.47 Å². The van der Waals surface area contributed by atoms with Gasteiger partial charge in [-0.2, -0.15) is 10.1 Å². The molecule has 3 atom stereocenters. The lowest BCUT2D eigenvalue weighted by Gasteiger charge is -2.11. The van der Waals surface area contributed by atoms with E-state index in [0.29, 0.717) is 35.8 Å². The molecule has 0 aromatic carbocycles. The smallest absolute Gasteiger partial charge is 0.224 e. The largest absolute Gasteiger partial charge is 0.495 e. The van der Waals surface area contributed by atoms with Gasteiger partial charge in [0.1, 0.15) is 11.6 Å². The summed E-state index contributed by atoms with van der Waals surface area (Å²) in [6, 6.07) is 3.94. The van der Waals surface area contributed by atoms with E-state index < -0.39 is 6.10 Å². The van der Waals surface area contributed by atoms with E-state index in [1.165, 1.54) is 0 Å². The Morgan fingerprint density at radius 1 is 1.24 bits per heavy atom. The van der Waals surface area contributed by atoms with Crippen molar-refractivity contribution in [2.24, 2.45) is 13.0 Å². The SMILES string of the molecule is COc1ccc([C@H]2C[C@@H]2COc2nc(C)ncc2-c2cn(C)nc2C(C)O)nc1. The van der Waals surface area contributed by atoms with Crippen molar-refractivity contribution in [1.82, 2.24) is 24.7 Å². The number of aliphatic hydroxyl groups excluding tert-OH is 1. The molecule has 1 fully saturated rings. The third-order valence-electron chi connectivity index (χ3n) is 5.15. The summed E-state index contributed by atoms with van der Waals surface area (Å²) in [7, 11) is 3.46. The summed E-state index contributed by atoms with van der Waals surface area (Å²) < 4.78 is 13.0. The Labute approximate surface area is 169 Å². The van der Waals surface area contributed by atoms with E-state index in [-0.39, 0.29) is 0 Å². The van der Waals surface area contributed by atoms with Crippen molar-refractivity contribution in [3.8, 4) is 22.8 Å². The lowest BCUT2D eigenvalue weighted by Crippen LogP contribution is -2.06. The Morgan fingerprint density at radius 3 is 2.76 bits per heavy atom. The molecule has 8 nitrogen and oxygen atoms in total. The van der Waals surface area contributed by atoms with Gasteiger partial charge in [0.2, 0.25) is 5.88 Å². The third-order valence-corrected chi connectivity index (χ3v) is 5.15. The van der Waals surface area contributed by atoms with Gasteiger partial charge in [-0.15, -0.1) is 0 Å². The Morgan fingerprint density at radius 2 is 2.07 bits per heavy atom. The van der Waals surface area contributed by atoms with Gasteiger partial charge in [0, 0.05) is 42.5 Å². The molecule has 0 spiro atoms. The second-order valence-electron chi connectivity index (χ2n) is 7.45. The Bertz CT molecular complexity index is 1000. The number of aromatic nitrogens is 5. The number of nitrogens with zero attached hydrogens (tertiary/aromatic N) is 5. The van der Waals surface area contributed by atoms with Crippen molar-refractivity contribution >= 4 is 0 Å². The zero-order chi connectivity index (χ0) is 20.5. The van der Waals surface area contributed by atoms with Crippen LogP contribution in [0.1, 0.15) is 42.6 Å². The molecule has 0 aliphatic heterocycles. The first-order valence-corrected chi connectivity index (χ1v) is 9.64. The molecule has 3 heterocycles. The minimum Gasteiger partial charge on any atom is -0.495 e. The van der Waals surface area contributed by atoms with Gasteiger partial charge >= 0.3 is 0 Å². The van der Waals surface area contributed by atoms with Crippen molar-refractivity contribution in [3.05, 3.63) is 47.9 Å². The quantitative estimate of drug-likeness (QED) is 0.657. The normalized spacial score (nSPS) is 19.1. The van der Waals surface area contributed by atoms with Crippen LogP contribution in [0.4, 0.5) is 0 Å². The average molecular weight is 395 g/mol. The van der Waals surface area contributed by atoms with Gasteiger partial charge in [0.05, 0.1) is 37.3 Å².